The fourth-order valence-corrected chi connectivity index (χ4v) is 1.34. The van der Waals surface area contributed by atoms with Gasteiger partial charge in [-0.15, -0.1) is 0 Å². The van der Waals surface area contributed by atoms with Crippen molar-refractivity contribution in [2.45, 2.75) is 26.2 Å². The van der Waals surface area contributed by atoms with Gasteiger partial charge in [0.1, 0.15) is 5.82 Å². The summed E-state index contributed by atoms with van der Waals surface area (Å²) < 4.78 is 12.6. The van der Waals surface area contributed by atoms with Crippen molar-refractivity contribution < 1.29 is 14.0 Å². The van der Waals surface area contributed by atoms with Crippen molar-refractivity contribution in [1.82, 2.24) is 5.32 Å². The maximum atomic E-state index is 12.6. The van der Waals surface area contributed by atoms with Gasteiger partial charge in [-0.3, -0.25) is 9.59 Å². The highest BCUT2D eigenvalue weighted by Gasteiger charge is 2.05. The lowest BCUT2D eigenvalue weighted by molar-refractivity contribution is -0.124. The van der Waals surface area contributed by atoms with Gasteiger partial charge in [-0.1, -0.05) is 13.3 Å². The van der Waals surface area contributed by atoms with Crippen LogP contribution in [-0.2, 0) is 9.59 Å². The fraction of sp³-hybridized carbons (Fsp3) is 0.385. The quantitative estimate of drug-likeness (QED) is 0.814. The van der Waals surface area contributed by atoms with Gasteiger partial charge in [0.2, 0.25) is 11.8 Å². The largest absolute Gasteiger partial charge is 0.347 e. The molecule has 18 heavy (non-hydrogen) atoms. The van der Waals surface area contributed by atoms with Crippen molar-refractivity contribution in [3.05, 3.63) is 30.1 Å². The lowest BCUT2D eigenvalue weighted by atomic mass is 10.2. The van der Waals surface area contributed by atoms with E-state index < -0.39 is 0 Å². The molecule has 0 saturated heterocycles. The summed E-state index contributed by atoms with van der Waals surface area (Å²) in [7, 11) is 0. The molecule has 98 valence electrons. The monoisotopic (exact) mass is 252 g/mol. The maximum Gasteiger partial charge on any atom is 0.243 e. The van der Waals surface area contributed by atoms with E-state index in [1.54, 1.807) is 0 Å². The highest BCUT2D eigenvalue weighted by molar-refractivity contribution is 5.94. The number of halogens is 1. The third kappa shape index (κ3) is 5.43. The Morgan fingerprint density at radius 1 is 1.17 bits per heavy atom. The standard InChI is InChI=1S/C13H17FN2O2/c1-2-3-4-12(17)15-9-13(18)16-11-7-5-10(14)6-8-11/h5-8H,2-4,9H2,1H3,(H,15,17)(H,16,18). The number of anilines is 1. The van der Waals surface area contributed by atoms with Crippen molar-refractivity contribution in [2.75, 3.05) is 11.9 Å². The molecule has 0 atom stereocenters. The molecule has 0 bridgehead atoms. The number of amides is 2. The molecule has 2 N–H and O–H groups in total. The summed E-state index contributed by atoms with van der Waals surface area (Å²) in [6.07, 6.45) is 2.18. The third-order valence-corrected chi connectivity index (χ3v) is 2.33. The van der Waals surface area contributed by atoms with E-state index in [1.165, 1.54) is 24.3 Å². The van der Waals surface area contributed by atoms with E-state index in [-0.39, 0.29) is 24.2 Å². The number of hydrogen-bond donors (Lipinski definition) is 2. The molecule has 0 aliphatic carbocycles. The predicted molar refractivity (Wildman–Crippen MR) is 67.6 cm³/mol. The molecular weight excluding hydrogens is 235 g/mol. The van der Waals surface area contributed by atoms with Crippen molar-refractivity contribution in [3.63, 3.8) is 0 Å². The lowest BCUT2D eigenvalue weighted by Crippen LogP contribution is -2.32. The van der Waals surface area contributed by atoms with E-state index in [0.29, 0.717) is 12.1 Å². The SMILES string of the molecule is CCCCC(=O)NCC(=O)Nc1ccc(F)cc1. The first-order valence-corrected chi connectivity index (χ1v) is 5.94. The van der Waals surface area contributed by atoms with Crippen molar-refractivity contribution in [2.24, 2.45) is 0 Å². The summed E-state index contributed by atoms with van der Waals surface area (Å²) in [6, 6.07) is 5.45. The number of benzene rings is 1. The van der Waals surface area contributed by atoms with E-state index in [2.05, 4.69) is 10.6 Å². The molecule has 0 heterocycles. The van der Waals surface area contributed by atoms with Crippen LogP contribution in [0.1, 0.15) is 26.2 Å². The van der Waals surface area contributed by atoms with Gasteiger partial charge in [-0.05, 0) is 30.7 Å². The Morgan fingerprint density at radius 3 is 2.44 bits per heavy atom. The number of nitrogens with one attached hydrogen (secondary N) is 2. The van der Waals surface area contributed by atoms with Crippen LogP contribution in [0.15, 0.2) is 24.3 Å². The lowest BCUT2D eigenvalue weighted by Gasteiger charge is -2.06. The number of carbonyl (C=O) groups is 2. The van der Waals surface area contributed by atoms with Crippen LogP contribution in [0.3, 0.4) is 0 Å². The molecule has 1 rings (SSSR count). The molecular formula is C13H17FN2O2. The second-order valence-corrected chi connectivity index (χ2v) is 3.94. The van der Waals surface area contributed by atoms with Crippen LogP contribution in [0, 0.1) is 5.82 Å². The van der Waals surface area contributed by atoms with Gasteiger partial charge >= 0.3 is 0 Å². The Bertz CT molecular complexity index is 404. The molecule has 1 aromatic carbocycles. The zero-order valence-electron chi connectivity index (χ0n) is 10.3. The summed E-state index contributed by atoms with van der Waals surface area (Å²) in [4.78, 5) is 22.7. The van der Waals surface area contributed by atoms with Crippen LogP contribution in [-0.4, -0.2) is 18.4 Å². The Hall–Kier alpha value is -1.91. The van der Waals surface area contributed by atoms with Crippen LogP contribution < -0.4 is 10.6 Å². The van der Waals surface area contributed by atoms with Crippen molar-refractivity contribution in [3.8, 4) is 0 Å². The third-order valence-electron chi connectivity index (χ3n) is 2.33. The van der Waals surface area contributed by atoms with Crippen LogP contribution >= 0.6 is 0 Å². The van der Waals surface area contributed by atoms with Gasteiger partial charge in [-0.2, -0.15) is 0 Å². The highest BCUT2D eigenvalue weighted by Crippen LogP contribution is 2.07. The smallest absolute Gasteiger partial charge is 0.243 e. The average Bonchev–Trinajstić information content (AvgIpc) is 2.36. The minimum atomic E-state index is -0.360. The molecule has 2 amide bonds. The molecule has 0 unspecified atom stereocenters. The van der Waals surface area contributed by atoms with E-state index in [0.717, 1.165) is 12.8 Å². The molecule has 0 saturated carbocycles. The Balaban J connectivity index is 2.29. The van der Waals surface area contributed by atoms with Crippen LogP contribution in [0.5, 0.6) is 0 Å². The second kappa shape index (κ2) is 7.42. The Morgan fingerprint density at radius 2 is 1.83 bits per heavy atom. The van der Waals surface area contributed by atoms with Crippen LogP contribution in [0.4, 0.5) is 10.1 Å². The normalized spacial score (nSPS) is 9.89. The van der Waals surface area contributed by atoms with Gasteiger partial charge in [0.05, 0.1) is 6.54 Å². The van der Waals surface area contributed by atoms with Crippen molar-refractivity contribution >= 4 is 17.5 Å². The van der Waals surface area contributed by atoms with Gasteiger partial charge in [-0.25, -0.2) is 4.39 Å². The predicted octanol–water partition coefficient (Wildman–Crippen LogP) is 2.07. The van der Waals surface area contributed by atoms with Crippen LogP contribution in [0.2, 0.25) is 0 Å². The molecule has 0 aliphatic rings. The molecule has 0 fully saturated rings. The fourth-order valence-electron chi connectivity index (χ4n) is 1.34. The van der Waals surface area contributed by atoms with Crippen molar-refractivity contribution in [1.29, 1.82) is 0 Å². The van der Waals surface area contributed by atoms with Gasteiger partial charge in [0.15, 0.2) is 0 Å². The summed E-state index contributed by atoms with van der Waals surface area (Å²) in [5.74, 6) is -0.821. The molecule has 0 aromatic heterocycles. The highest BCUT2D eigenvalue weighted by atomic mass is 19.1. The van der Waals surface area contributed by atoms with E-state index in [9.17, 15) is 14.0 Å². The summed E-state index contributed by atoms with van der Waals surface area (Å²) in [5, 5.41) is 5.08. The Kier molecular flexibility index (Phi) is 5.84. The topological polar surface area (TPSA) is 58.2 Å². The first-order valence-electron chi connectivity index (χ1n) is 5.94. The minimum absolute atomic E-state index is 0.0695. The van der Waals surface area contributed by atoms with Gasteiger partial charge in [0, 0.05) is 12.1 Å². The molecule has 1 aromatic rings. The summed E-state index contributed by atoms with van der Waals surface area (Å²) in [6.45, 7) is 1.93. The number of hydrogen-bond acceptors (Lipinski definition) is 2. The van der Waals surface area contributed by atoms with E-state index >= 15 is 0 Å². The number of carbonyl (C=O) groups excluding carboxylic acids is 2. The van der Waals surface area contributed by atoms with E-state index in [1.807, 2.05) is 6.92 Å². The Labute approximate surface area is 106 Å². The minimum Gasteiger partial charge on any atom is -0.347 e. The van der Waals surface area contributed by atoms with Crippen LogP contribution in [0.25, 0.3) is 0 Å². The summed E-state index contributed by atoms with van der Waals surface area (Å²) >= 11 is 0. The second-order valence-electron chi connectivity index (χ2n) is 3.94. The maximum absolute atomic E-state index is 12.6. The molecule has 0 aliphatic heterocycles. The zero-order chi connectivity index (χ0) is 13.4. The number of rotatable bonds is 6. The summed E-state index contributed by atoms with van der Waals surface area (Å²) in [5.41, 5.74) is 0.504. The van der Waals surface area contributed by atoms with Gasteiger partial charge < -0.3 is 10.6 Å². The first-order chi connectivity index (χ1) is 8.61. The number of unbranched alkanes of at least 4 members (excludes halogenated alkanes) is 1. The van der Waals surface area contributed by atoms with E-state index in [4.69, 9.17) is 0 Å². The molecule has 5 heteroatoms. The average molecular weight is 252 g/mol. The first kappa shape index (κ1) is 14.2. The van der Waals surface area contributed by atoms with Gasteiger partial charge in [0.25, 0.3) is 0 Å². The molecule has 0 radical (unpaired) electrons. The molecule has 0 spiro atoms. The molecule has 4 nitrogen and oxygen atoms in total. The zero-order valence-corrected chi connectivity index (χ0v) is 10.3.